The standard InChI is InChI=1S/C12H13IN4OS/c1-2-10-15-12(17-16-10)19-7-11(18)14-9-5-3-8(13)4-6-9/h3-6H,2,7H2,1H3,(H,14,18)(H,15,16,17). The van der Waals surface area contributed by atoms with E-state index in [1.807, 2.05) is 31.2 Å². The van der Waals surface area contributed by atoms with Crippen LogP contribution in [0.1, 0.15) is 12.7 Å². The number of amides is 1. The monoisotopic (exact) mass is 388 g/mol. The van der Waals surface area contributed by atoms with E-state index >= 15 is 0 Å². The minimum absolute atomic E-state index is 0.0611. The number of carbonyl (C=O) groups is 1. The molecule has 7 heteroatoms. The van der Waals surface area contributed by atoms with Crippen LogP contribution < -0.4 is 5.32 Å². The molecule has 0 spiro atoms. The van der Waals surface area contributed by atoms with Gasteiger partial charge in [-0.1, -0.05) is 18.7 Å². The molecule has 0 aliphatic rings. The maximum Gasteiger partial charge on any atom is 0.234 e. The van der Waals surface area contributed by atoms with Crippen molar-refractivity contribution in [3.63, 3.8) is 0 Å². The Morgan fingerprint density at radius 1 is 1.42 bits per heavy atom. The predicted molar refractivity (Wildman–Crippen MR) is 84.3 cm³/mol. The number of halogens is 1. The highest BCUT2D eigenvalue weighted by molar-refractivity contribution is 14.1. The number of nitrogens with one attached hydrogen (secondary N) is 2. The lowest BCUT2D eigenvalue weighted by molar-refractivity contribution is -0.113. The SMILES string of the molecule is CCc1nc(SCC(=O)Nc2ccc(I)cc2)n[nH]1. The first-order valence-corrected chi connectivity index (χ1v) is 7.83. The van der Waals surface area contributed by atoms with E-state index in [0.29, 0.717) is 10.9 Å². The number of H-pyrrole nitrogens is 1. The molecule has 0 fully saturated rings. The Bertz CT molecular complexity index is 555. The fourth-order valence-electron chi connectivity index (χ4n) is 1.36. The summed E-state index contributed by atoms with van der Waals surface area (Å²) in [5.74, 6) is 1.07. The Morgan fingerprint density at radius 3 is 2.79 bits per heavy atom. The molecule has 5 nitrogen and oxygen atoms in total. The van der Waals surface area contributed by atoms with Crippen LogP contribution in [0, 0.1) is 3.57 Å². The molecule has 0 aliphatic carbocycles. The van der Waals surface area contributed by atoms with Crippen LogP contribution in [0.3, 0.4) is 0 Å². The second-order valence-electron chi connectivity index (χ2n) is 3.76. The van der Waals surface area contributed by atoms with Crippen LogP contribution in [0.5, 0.6) is 0 Å². The van der Waals surface area contributed by atoms with Gasteiger partial charge in [-0.3, -0.25) is 9.89 Å². The number of carbonyl (C=O) groups excluding carboxylic acids is 1. The van der Waals surface area contributed by atoms with Crippen LogP contribution in [0.25, 0.3) is 0 Å². The Labute approximate surface area is 129 Å². The number of aromatic amines is 1. The fourth-order valence-corrected chi connectivity index (χ4v) is 2.34. The molecule has 0 radical (unpaired) electrons. The van der Waals surface area contributed by atoms with E-state index in [-0.39, 0.29) is 5.91 Å². The van der Waals surface area contributed by atoms with E-state index < -0.39 is 0 Å². The van der Waals surface area contributed by atoms with Crippen LogP contribution >= 0.6 is 34.4 Å². The van der Waals surface area contributed by atoms with E-state index in [4.69, 9.17) is 0 Å². The molecule has 2 rings (SSSR count). The first-order chi connectivity index (χ1) is 9.17. The highest BCUT2D eigenvalue weighted by atomic mass is 127. The molecule has 2 N–H and O–H groups in total. The molecular formula is C12H13IN4OS. The highest BCUT2D eigenvalue weighted by Gasteiger charge is 2.07. The van der Waals surface area contributed by atoms with Gasteiger partial charge < -0.3 is 5.32 Å². The third-order valence-electron chi connectivity index (χ3n) is 2.31. The van der Waals surface area contributed by atoms with Gasteiger partial charge in [-0.2, -0.15) is 0 Å². The number of hydrogen-bond acceptors (Lipinski definition) is 4. The van der Waals surface area contributed by atoms with Crippen molar-refractivity contribution in [2.45, 2.75) is 18.5 Å². The number of benzene rings is 1. The number of anilines is 1. The van der Waals surface area contributed by atoms with Crippen molar-refractivity contribution in [3.8, 4) is 0 Å². The molecule has 0 saturated carbocycles. The smallest absolute Gasteiger partial charge is 0.234 e. The Morgan fingerprint density at radius 2 is 2.16 bits per heavy atom. The number of hydrogen-bond donors (Lipinski definition) is 2. The summed E-state index contributed by atoms with van der Waals surface area (Å²) in [6.45, 7) is 2.00. The number of nitrogens with zero attached hydrogens (tertiary/aromatic N) is 2. The molecule has 2 aromatic rings. The maximum atomic E-state index is 11.7. The van der Waals surface area contributed by atoms with Gasteiger partial charge in [0.1, 0.15) is 5.82 Å². The summed E-state index contributed by atoms with van der Waals surface area (Å²) in [5, 5.41) is 10.3. The summed E-state index contributed by atoms with van der Waals surface area (Å²) < 4.78 is 1.14. The van der Waals surface area contributed by atoms with Crippen molar-refractivity contribution in [1.29, 1.82) is 0 Å². The van der Waals surface area contributed by atoms with E-state index in [9.17, 15) is 4.79 Å². The number of aryl methyl sites for hydroxylation is 1. The van der Waals surface area contributed by atoms with Gasteiger partial charge in [-0.25, -0.2) is 4.98 Å². The van der Waals surface area contributed by atoms with E-state index in [2.05, 4.69) is 43.1 Å². The third kappa shape index (κ3) is 4.50. The fraction of sp³-hybridized carbons (Fsp3) is 0.250. The minimum Gasteiger partial charge on any atom is -0.325 e. The van der Waals surface area contributed by atoms with Crippen LogP contribution in [-0.2, 0) is 11.2 Å². The minimum atomic E-state index is -0.0611. The summed E-state index contributed by atoms with van der Waals surface area (Å²) >= 11 is 3.54. The van der Waals surface area contributed by atoms with Gasteiger partial charge in [0.15, 0.2) is 0 Å². The van der Waals surface area contributed by atoms with Gasteiger partial charge in [0.05, 0.1) is 5.75 Å². The zero-order chi connectivity index (χ0) is 13.7. The topological polar surface area (TPSA) is 70.7 Å². The second kappa shape index (κ2) is 6.90. The van der Waals surface area contributed by atoms with E-state index in [0.717, 1.165) is 21.5 Å². The Balaban J connectivity index is 1.82. The average molecular weight is 388 g/mol. The lowest BCUT2D eigenvalue weighted by Crippen LogP contribution is -2.14. The highest BCUT2D eigenvalue weighted by Crippen LogP contribution is 2.14. The van der Waals surface area contributed by atoms with Gasteiger partial charge in [0.25, 0.3) is 0 Å². The molecule has 0 saturated heterocycles. The van der Waals surface area contributed by atoms with Crippen LogP contribution in [-0.4, -0.2) is 26.8 Å². The number of aromatic nitrogens is 3. The normalized spacial score (nSPS) is 10.4. The summed E-state index contributed by atoms with van der Waals surface area (Å²) in [7, 11) is 0. The zero-order valence-electron chi connectivity index (χ0n) is 10.3. The van der Waals surface area contributed by atoms with Crippen molar-refractivity contribution in [3.05, 3.63) is 33.7 Å². The first kappa shape index (κ1) is 14.3. The largest absolute Gasteiger partial charge is 0.325 e. The van der Waals surface area contributed by atoms with Gasteiger partial charge >= 0.3 is 0 Å². The molecular weight excluding hydrogens is 375 g/mol. The lowest BCUT2D eigenvalue weighted by Gasteiger charge is -2.03. The van der Waals surface area contributed by atoms with Gasteiger partial charge in [0.2, 0.25) is 11.1 Å². The van der Waals surface area contributed by atoms with Crippen LogP contribution in [0.4, 0.5) is 5.69 Å². The summed E-state index contributed by atoms with van der Waals surface area (Å²) in [6.07, 6.45) is 0.808. The number of thioether (sulfide) groups is 1. The van der Waals surface area contributed by atoms with Crippen molar-refractivity contribution < 1.29 is 4.79 Å². The second-order valence-corrected chi connectivity index (χ2v) is 5.95. The van der Waals surface area contributed by atoms with Gasteiger partial charge in [-0.05, 0) is 46.9 Å². The zero-order valence-corrected chi connectivity index (χ0v) is 13.3. The molecule has 1 amide bonds. The Kier molecular flexibility index (Phi) is 5.20. The van der Waals surface area contributed by atoms with Crippen molar-refractivity contribution in [2.24, 2.45) is 0 Å². The lowest BCUT2D eigenvalue weighted by atomic mass is 10.3. The molecule has 0 atom stereocenters. The Hall–Kier alpha value is -1.09. The summed E-state index contributed by atoms with van der Waals surface area (Å²) in [6, 6.07) is 7.66. The molecule has 0 bridgehead atoms. The van der Waals surface area contributed by atoms with Crippen LogP contribution in [0.15, 0.2) is 29.4 Å². The van der Waals surface area contributed by atoms with Crippen LogP contribution in [0.2, 0.25) is 0 Å². The molecule has 0 aliphatic heterocycles. The van der Waals surface area contributed by atoms with Crippen molar-refractivity contribution in [1.82, 2.24) is 15.2 Å². The summed E-state index contributed by atoms with van der Waals surface area (Å²) in [5.41, 5.74) is 0.801. The first-order valence-electron chi connectivity index (χ1n) is 5.77. The summed E-state index contributed by atoms with van der Waals surface area (Å²) in [4.78, 5) is 16.0. The van der Waals surface area contributed by atoms with Gasteiger partial charge in [0, 0.05) is 15.7 Å². The average Bonchev–Trinajstić information content (AvgIpc) is 2.87. The van der Waals surface area contributed by atoms with Crippen molar-refractivity contribution in [2.75, 3.05) is 11.1 Å². The molecule has 1 aromatic heterocycles. The van der Waals surface area contributed by atoms with E-state index in [1.165, 1.54) is 11.8 Å². The van der Waals surface area contributed by atoms with Gasteiger partial charge in [-0.15, -0.1) is 5.10 Å². The molecule has 0 unspecified atom stereocenters. The number of rotatable bonds is 5. The predicted octanol–water partition coefficient (Wildman–Crippen LogP) is 2.70. The quantitative estimate of drug-likeness (QED) is 0.611. The maximum absolute atomic E-state index is 11.7. The third-order valence-corrected chi connectivity index (χ3v) is 3.87. The molecule has 1 heterocycles. The molecule has 19 heavy (non-hydrogen) atoms. The molecule has 1 aromatic carbocycles. The van der Waals surface area contributed by atoms with E-state index in [1.54, 1.807) is 0 Å². The van der Waals surface area contributed by atoms with Crippen molar-refractivity contribution >= 4 is 45.9 Å². The molecule has 100 valence electrons.